The van der Waals surface area contributed by atoms with Crippen LogP contribution in [0.2, 0.25) is 0 Å². The van der Waals surface area contributed by atoms with Crippen molar-refractivity contribution in [2.24, 2.45) is 0 Å². The summed E-state index contributed by atoms with van der Waals surface area (Å²) in [4.78, 5) is 0. The molecule has 0 bridgehead atoms. The monoisotopic (exact) mass is 249 g/mol. The maximum atomic E-state index is 13.5. The normalized spacial score (nSPS) is 10.3. The van der Waals surface area contributed by atoms with Gasteiger partial charge in [0.2, 0.25) is 0 Å². The van der Waals surface area contributed by atoms with Crippen LogP contribution in [0.4, 0.5) is 4.39 Å². The second-order valence-electron chi connectivity index (χ2n) is 4.38. The van der Waals surface area contributed by atoms with Crippen LogP contribution in [0.25, 0.3) is 0 Å². The van der Waals surface area contributed by atoms with Crippen LogP contribution in [-0.4, -0.2) is 6.61 Å². The second-order valence-corrected chi connectivity index (χ2v) is 4.38. The molecular formula is C15H20FNO. The Hall–Kier alpha value is -1.40. The molecule has 2 nitrogen and oxygen atoms in total. The molecule has 0 amide bonds. The van der Waals surface area contributed by atoms with Gasteiger partial charge in [0.05, 0.1) is 18.2 Å². The minimum absolute atomic E-state index is 0.283. The van der Waals surface area contributed by atoms with Crippen molar-refractivity contribution in [2.45, 2.75) is 45.6 Å². The zero-order valence-electron chi connectivity index (χ0n) is 10.9. The molecular weight excluding hydrogens is 229 g/mol. The highest BCUT2D eigenvalue weighted by Gasteiger charge is 2.03. The molecule has 0 unspecified atom stereocenters. The lowest BCUT2D eigenvalue weighted by molar-refractivity contribution is 0.114. The molecule has 0 saturated heterocycles. The van der Waals surface area contributed by atoms with Gasteiger partial charge in [-0.3, -0.25) is 0 Å². The van der Waals surface area contributed by atoms with Gasteiger partial charge in [-0.1, -0.05) is 38.7 Å². The molecule has 1 aromatic carbocycles. The zero-order valence-corrected chi connectivity index (χ0v) is 10.9. The number of rotatable bonds is 8. The van der Waals surface area contributed by atoms with Crippen molar-refractivity contribution in [3.8, 4) is 6.07 Å². The topological polar surface area (TPSA) is 33.0 Å². The summed E-state index contributed by atoms with van der Waals surface area (Å²) in [7, 11) is 0. The van der Waals surface area contributed by atoms with Crippen LogP contribution in [0, 0.1) is 17.1 Å². The van der Waals surface area contributed by atoms with Gasteiger partial charge in [0, 0.05) is 12.2 Å². The van der Waals surface area contributed by atoms with Crippen LogP contribution in [0.5, 0.6) is 0 Å². The van der Waals surface area contributed by atoms with E-state index in [9.17, 15) is 4.39 Å². The third-order valence-electron chi connectivity index (χ3n) is 2.83. The Morgan fingerprint density at radius 3 is 2.67 bits per heavy atom. The van der Waals surface area contributed by atoms with E-state index in [-0.39, 0.29) is 12.4 Å². The van der Waals surface area contributed by atoms with Crippen molar-refractivity contribution >= 4 is 0 Å². The SMILES string of the molecule is CCCCCCCOCc1ccc(C#N)cc1F. The number of benzene rings is 1. The minimum Gasteiger partial charge on any atom is -0.377 e. The summed E-state index contributed by atoms with van der Waals surface area (Å²) in [6.45, 7) is 3.14. The number of hydrogen-bond acceptors (Lipinski definition) is 2. The lowest BCUT2D eigenvalue weighted by Crippen LogP contribution is -1.98. The van der Waals surface area contributed by atoms with E-state index in [4.69, 9.17) is 10.00 Å². The molecule has 0 radical (unpaired) electrons. The van der Waals surface area contributed by atoms with Crippen molar-refractivity contribution in [2.75, 3.05) is 6.61 Å². The fraction of sp³-hybridized carbons (Fsp3) is 0.533. The van der Waals surface area contributed by atoms with Gasteiger partial charge in [0.15, 0.2) is 0 Å². The van der Waals surface area contributed by atoms with E-state index in [0.717, 1.165) is 6.42 Å². The molecule has 0 saturated carbocycles. The minimum atomic E-state index is -0.361. The Morgan fingerprint density at radius 1 is 1.22 bits per heavy atom. The summed E-state index contributed by atoms with van der Waals surface area (Å²) in [5, 5.41) is 8.62. The number of nitrogens with zero attached hydrogens (tertiary/aromatic N) is 1. The van der Waals surface area contributed by atoms with Crippen molar-refractivity contribution in [1.82, 2.24) is 0 Å². The molecule has 0 aromatic heterocycles. The quantitative estimate of drug-likeness (QED) is 0.647. The molecule has 3 heteroatoms. The fourth-order valence-corrected chi connectivity index (χ4v) is 1.72. The van der Waals surface area contributed by atoms with Gasteiger partial charge >= 0.3 is 0 Å². The molecule has 0 spiro atoms. The number of hydrogen-bond donors (Lipinski definition) is 0. The van der Waals surface area contributed by atoms with Gasteiger partial charge in [0.25, 0.3) is 0 Å². The first-order chi connectivity index (χ1) is 8.77. The van der Waals surface area contributed by atoms with Crippen molar-refractivity contribution in [3.05, 3.63) is 35.1 Å². The van der Waals surface area contributed by atoms with Crippen molar-refractivity contribution in [3.63, 3.8) is 0 Å². The van der Waals surface area contributed by atoms with Gasteiger partial charge in [-0.25, -0.2) is 4.39 Å². The molecule has 1 rings (SSSR count). The molecule has 0 heterocycles. The number of unbranched alkanes of at least 4 members (excludes halogenated alkanes) is 4. The largest absolute Gasteiger partial charge is 0.377 e. The van der Waals surface area contributed by atoms with Gasteiger partial charge in [0.1, 0.15) is 5.82 Å². The predicted octanol–water partition coefficient (Wildman–Crippen LogP) is 4.18. The average molecular weight is 249 g/mol. The molecule has 0 aliphatic rings. The summed E-state index contributed by atoms with van der Waals surface area (Å²) >= 11 is 0. The van der Waals surface area contributed by atoms with E-state index in [1.54, 1.807) is 12.1 Å². The maximum absolute atomic E-state index is 13.5. The first-order valence-corrected chi connectivity index (χ1v) is 6.54. The van der Waals surface area contributed by atoms with Crippen LogP contribution >= 0.6 is 0 Å². The summed E-state index contributed by atoms with van der Waals surface area (Å²) in [5.74, 6) is -0.361. The van der Waals surface area contributed by atoms with E-state index in [1.807, 2.05) is 6.07 Å². The van der Waals surface area contributed by atoms with Gasteiger partial charge < -0.3 is 4.74 Å². The summed E-state index contributed by atoms with van der Waals surface area (Å²) in [5.41, 5.74) is 0.860. The molecule has 0 aliphatic heterocycles. The standard InChI is InChI=1S/C15H20FNO/c1-2-3-4-5-6-9-18-12-14-8-7-13(11-17)10-15(14)16/h7-8,10H,2-6,9,12H2,1H3. The van der Waals surface area contributed by atoms with Gasteiger partial charge in [-0.2, -0.15) is 5.26 Å². The van der Waals surface area contributed by atoms with Gasteiger partial charge in [-0.15, -0.1) is 0 Å². The molecule has 0 aliphatic carbocycles. The zero-order chi connectivity index (χ0) is 13.2. The van der Waals surface area contributed by atoms with E-state index < -0.39 is 0 Å². The maximum Gasteiger partial charge on any atom is 0.130 e. The third kappa shape index (κ3) is 5.29. The third-order valence-corrected chi connectivity index (χ3v) is 2.83. The Balaban J connectivity index is 2.21. The summed E-state index contributed by atoms with van der Waals surface area (Å²) < 4.78 is 18.9. The highest BCUT2D eigenvalue weighted by molar-refractivity contribution is 5.32. The lowest BCUT2D eigenvalue weighted by Gasteiger charge is -2.05. The predicted molar refractivity (Wildman–Crippen MR) is 69.5 cm³/mol. The Labute approximate surface area is 108 Å². The Kier molecular flexibility index (Phi) is 7.05. The smallest absolute Gasteiger partial charge is 0.130 e. The highest BCUT2D eigenvalue weighted by atomic mass is 19.1. The fourth-order valence-electron chi connectivity index (χ4n) is 1.72. The number of nitriles is 1. The summed E-state index contributed by atoms with van der Waals surface area (Å²) in [6.07, 6.45) is 5.94. The first-order valence-electron chi connectivity index (χ1n) is 6.54. The lowest BCUT2D eigenvalue weighted by atomic mass is 10.1. The Bertz CT molecular complexity index is 398. The van der Waals surface area contributed by atoms with Crippen LogP contribution in [0.1, 0.15) is 50.2 Å². The van der Waals surface area contributed by atoms with Crippen molar-refractivity contribution in [1.29, 1.82) is 5.26 Å². The van der Waals surface area contributed by atoms with Crippen molar-refractivity contribution < 1.29 is 9.13 Å². The molecule has 18 heavy (non-hydrogen) atoms. The molecule has 0 fully saturated rings. The van der Waals surface area contributed by atoms with Crippen LogP contribution < -0.4 is 0 Å². The molecule has 0 atom stereocenters. The van der Waals surface area contributed by atoms with Crippen LogP contribution in [0.15, 0.2) is 18.2 Å². The number of halogens is 1. The Morgan fingerprint density at radius 2 is 2.00 bits per heavy atom. The van der Waals surface area contributed by atoms with E-state index in [2.05, 4.69) is 6.92 Å². The second kappa shape index (κ2) is 8.66. The number of ether oxygens (including phenoxy) is 1. The average Bonchev–Trinajstić information content (AvgIpc) is 2.39. The summed E-state index contributed by atoms with van der Waals surface area (Å²) in [6, 6.07) is 6.39. The molecule has 98 valence electrons. The van der Waals surface area contributed by atoms with Crippen LogP contribution in [-0.2, 0) is 11.3 Å². The highest BCUT2D eigenvalue weighted by Crippen LogP contribution is 2.11. The molecule has 1 aromatic rings. The van der Waals surface area contributed by atoms with E-state index in [0.29, 0.717) is 17.7 Å². The van der Waals surface area contributed by atoms with Crippen LogP contribution in [0.3, 0.4) is 0 Å². The van der Waals surface area contributed by atoms with Gasteiger partial charge in [-0.05, 0) is 18.6 Å². The van der Waals surface area contributed by atoms with E-state index >= 15 is 0 Å². The molecule has 0 N–H and O–H groups in total. The van der Waals surface area contributed by atoms with E-state index in [1.165, 1.54) is 31.7 Å². The first kappa shape index (κ1) is 14.7.